The molecule has 0 aromatic heterocycles. The van der Waals surface area contributed by atoms with E-state index in [-0.39, 0.29) is 58.9 Å². The molecule has 5 heteroatoms. The Bertz CT molecular complexity index is 1480. The molecule has 0 saturated carbocycles. The summed E-state index contributed by atoms with van der Waals surface area (Å²) < 4.78 is 0. The summed E-state index contributed by atoms with van der Waals surface area (Å²) in [6.45, 7) is 16.5. The van der Waals surface area contributed by atoms with Crippen molar-refractivity contribution >= 4 is 23.6 Å². The first-order valence-electron chi connectivity index (χ1n) is 26.6. The van der Waals surface area contributed by atoms with Gasteiger partial charge in [-0.3, -0.25) is 6.08 Å². The van der Waals surface area contributed by atoms with Crippen LogP contribution in [-0.4, -0.2) is 8.07 Å². The Morgan fingerprint density at radius 2 is 0.585 bits per heavy atom. The summed E-state index contributed by atoms with van der Waals surface area (Å²) in [5.41, 5.74) is 11.0. The molecular formula is C60H93Cl3SiTi. The van der Waals surface area contributed by atoms with Crippen molar-refractivity contribution in [2.75, 3.05) is 0 Å². The van der Waals surface area contributed by atoms with Gasteiger partial charge >= 0.3 is 21.7 Å². The molecule has 0 saturated heterocycles. The number of hydrogen-bond acceptors (Lipinski definition) is 0. The molecule has 4 rings (SSSR count). The van der Waals surface area contributed by atoms with Gasteiger partial charge in [0.05, 0.1) is 8.07 Å². The van der Waals surface area contributed by atoms with Crippen molar-refractivity contribution in [2.45, 2.75) is 248 Å². The van der Waals surface area contributed by atoms with Crippen LogP contribution >= 0.6 is 0 Å². The third-order valence-electron chi connectivity index (χ3n) is 13.9. The Labute approximate surface area is 437 Å². The first kappa shape index (κ1) is 63.9. The Morgan fingerprint density at radius 1 is 0.354 bits per heavy atom. The predicted octanol–water partition coefficient (Wildman–Crippen LogP) is 7.52. The van der Waals surface area contributed by atoms with E-state index in [2.05, 4.69) is 115 Å². The van der Waals surface area contributed by atoms with Crippen LogP contribution in [0.2, 0.25) is 0 Å². The number of allylic oxidation sites excluding steroid dienone is 4. The molecule has 0 nitrogen and oxygen atoms in total. The van der Waals surface area contributed by atoms with Gasteiger partial charge < -0.3 is 37.2 Å². The van der Waals surface area contributed by atoms with Crippen molar-refractivity contribution in [3.8, 4) is 0 Å². The maximum atomic E-state index is 3.92. The zero-order valence-electron chi connectivity index (χ0n) is 42.8. The molecule has 0 spiro atoms. The molecule has 0 aliphatic heterocycles. The molecule has 0 radical (unpaired) electrons. The van der Waals surface area contributed by atoms with E-state index in [0.717, 1.165) is 6.42 Å². The maximum Gasteiger partial charge on any atom is 4.00 e. The summed E-state index contributed by atoms with van der Waals surface area (Å²) >= 11 is 0. The van der Waals surface area contributed by atoms with E-state index in [1.807, 2.05) is 0 Å². The van der Waals surface area contributed by atoms with Gasteiger partial charge in [0, 0.05) is 0 Å². The van der Waals surface area contributed by atoms with Crippen LogP contribution in [0.15, 0.2) is 71.4 Å². The second-order valence-corrected chi connectivity index (χ2v) is 23.1. The Kier molecular flexibility index (Phi) is 37.2. The molecule has 0 heterocycles. The standard InChI is InChI=1S/C60H93Si.3ClH.Ti/c1-8-14-20-26-34-51-41-52(35-27-21-15-9-2)45-57(44-51)61(60-40-32-33-50(60)7,58-46-53(36-28-22-16-10-3)42-54(47-58)37-29-23-17-11-4)59-48-55(38-30-24-18-12-5)43-56(49-59)39-31-25-19-13-6;;;;/h40-49H,8-32,34-39H2,1-7H3;3*1H;/q-1;;;;+4/p-3. The average molecular weight is 997 g/mol. The van der Waals surface area contributed by atoms with Crippen LogP contribution in [0.5, 0.6) is 0 Å². The minimum absolute atomic E-state index is 0. The van der Waals surface area contributed by atoms with Crippen molar-refractivity contribution < 1.29 is 58.9 Å². The van der Waals surface area contributed by atoms with Crippen LogP contribution in [0, 0.1) is 6.08 Å². The van der Waals surface area contributed by atoms with Gasteiger partial charge in [0.2, 0.25) is 0 Å². The molecule has 0 amide bonds. The second-order valence-electron chi connectivity index (χ2n) is 19.4. The number of rotatable bonds is 34. The van der Waals surface area contributed by atoms with E-state index in [4.69, 9.17) is 0 Å². The number of halogens is 3. The first-order valence-corrected chi connectivity index (χ1v) is 28.6. The Morgan fingerprint density at radius 3 is 0.769 bits per heavy atom. The van der Waals surface area contributed by atoms with Crippen LogP contribution in [0.1, 0.15) is 242 Å². The van der Waals surface area contributed by atoms with E-state index < -0.39 is 8.07 Å². The third-order valence-corrected chi connectivity index (χ3v) is 18.7. The van der Waals surface area contributed by atoms with E-state index >= 15 is 0 Å². The molecule has 65 heavy (non-hydrogen) atoms. The smallest absolute Gasteiger partial charge is 1.00 e. The van der Waals surface area contributed by atoms with Crippen molar-refractivity contribution in [3.05, 3.63) is 111 Å². The van der Waals surface area contributed by atoms with Crippen LogP contribution in [0.4, 0.5) is 0 Å². The van der Waals surface area contributed by atoms with E-state index in [1.165, 1.54) is 198 Å². The van der Waals surface area contributed by atoms with E-state index in [9.17, 15) is 0 Å². The van der Waals surface area contributed by atoms with Gasteiger partial charge in [-0.1, -0.05) is 234 Å². The van der Waals surface area contributed by atoms with Crippen LogP contribution in [-0.2, 0) is 60.2 Å². The summed E-state index contributed by atoms with van der Waals surface area (Å²) in [6.07, 6.45) is 46.2. The monoisotopic (exact) mass is 995 g/mol. The van der Waals surface area contributed by atoms with Gasteiger partial charge in [0.1, 0.15) is 0 Å². The molecule has 0 unspecified atom stereocenters. The van der Waals surface area contributed by atoms with Crippen molar-refractivity contribution in [1.82, 2.24) is 0 Å². The van der Waals surface area contributed by atoms with Gasteiger partial charge in [0.15, 0.2) is 0 Å². The summed E-state index contributed by atoms with van der Waals surface area (Å²) in [5, 5.41) is 6.59. The topological polar surface area (TPSA) is 0 Å². The molecule has 3 aromatic rings. The normalized spacial score (nSPS) is 12.2. The van der Waals surface area contributed by atoms with Gasteiger partial charge in [-0.05, 0) is 110 Å². The van der Waals surface area contributed by atoms with Crippen molar-refractivity contribution in [1.29, 1.82) is 0 Å². The molecule has 1 aliphatic carbocycles. The van der Waals surface area contributed by atoms with Gasteiger partial charge in [-0.15, -0.1) is 6.42 Å². The predicted molar refractivity (Wildman–Crippen MR) is 276 cm³/mol. The van der Waals surface area contributed by atoms with Crippen LogP contribution < -0.4 is 52.8 Å². The first-order chi connectivity index (χ1) is 29.9. The SMILES string of the molecule is CCCCCCc1cc(CCCCCC)cc([Si](C2=CC[C-]=C2C)(c2cc(CCCCCC)cc(CCCCCC)c2)c2cc(CCCCCC)cc(CCCCCC)c2)c1.[Cl-].[Cl-].[Cl-].[Ti+4]. The van der Waals surface area contributed by atoms with Gasteiger partial charge in [-0.2, -0.15) is 11.3 Å². The third kappa shape index (κ3) is 21.2. The number of hydrogen-bond donors (Lipinski definition) is 0. The van der Waals surface area contributed by atoms with E-state index in [0.29, 0.717) is 0 Å². The number of unbranched alkanes of at least 4 members (excludes halogenated alkanes) is 18. The fraction of sp³-hybridized carbons (Fsp3) is 0.633. The van der Waals surface area contributed by atoms with Crippen molar-refractivity contribution in [3.63, 3.8) is 0 Å². The Hall–Kier alpha value is -1.06. The molecule has 3 aromatic carbocycles. The molecule has 0 N–H and O–H groups in total. The molecule has 362 valence electrons. The van der Waals surface area contributed by atoms with E-state index in [1.54, 1.807) is 54.1 Å². The largest absolute Gasteiger partial charge is 4.00 e. The van der Waals surface area contributed by atoms with Gasteiger partial charge in [-0.25, -0.2) is 5.57 Å². The van der Waals surface area contributed by atoms with Crippen LogP contribution in [0.25, 0.3) is 0 Å². The molecule has 0 atom stereocenters. The summed E-state index contributed by atoms with van der Waals surface area (Å²) in [6, 6.07) is 24.5. The number of aryl methyl sites for hydroxylation is 6. The maximum absolute atomic E-state index is 3.92. The minimum atomic E-state index is -2.81. The summed E-state index contributed by atoms with van der Waals surface area (Å²) in [7, 11) is -2.81. The quantitative estimate of drug-likeness (QED) is 0.0252. The summed E-state index contributed by atoms with van der Waals surface area (Å²) in [4.78, 5) is 0. The molecule has 0 fully saturated rings. The molecule has 1 aliphatic rings. The fourth-order valence-corrected chi connectivity index (χ4v) is 15.7. The second kappa shape index (κ2) is 37.8. The average Bonchev–Trinajstić information content (AvgIpc) is 3.70. The Balaban J connectivity index is 0.0000102. The zero-order valence-corrected chi connectivity index (χ0v) is 47.7. The number of benzene rings is 3. The summed E-state index contributed by atoms with van der Waals surface area (Å²) in [5.74, 6) is 0. The minimum Gasteiger partial charge on any atom is -1.00 e. The molecular weight excluding hydrogens is 903 g/mol. The zero-order chi connectivity index (χ0) is 43.5. The van der Waals surface area contributed by atoms with Gasteiger partial charge in [0.25, 0.3) is 0 Å². The van der Waals surface area contributed by atoms with Crippen molar-refractivity contribution in [2.24, 2.45) is 0 Å². The molecule has 0 bridgehead atoms. The fourth-order valence-electron chi connectivity index (χ4n) is 10.3. The van der Waals surface area contributed by atoms with Crippen LogP contribution in [0.3, 0.4) is 0 Å².